The number of anilines is 2. The number of aryl methyl sites for hydroxylation is 3. The number of carbonyl (C=O) groups is 1. The van der Waals surface area contributed by atoms with Crippen molar-refractivity contribution in [3.63, 3.8) is 0 Å². The molecule has 0 saturated carbocycles. The van der Waals surface area contributed by atoms with Crippen molar-refractivity contribution in [3.05, 3.63) is 64.7 Å². The zero-order valence-electron chi connectivity index (χ0n) is 16.8. The number of fused-ring (bicyclic) bond motifs is 1. The first-order valence-corrected chi connectivity index (χ1v) is 9.40. The lowest BCUT2D eigenvalue weighted by Gasteiger charge is -2.12. The maximum atomic E-state index is 12.0. The van der Waals surface area contributed by atoms with Gasteiger partial charge in [-0.3, -0.25) is 0 Å². The normalized spacial score (nSPS) is 10.4. The maximum absolute atomic E-state index is 12.0. The fourth-order valence-corrected chi connectivity index (χ4v) is 3.14. The summed E-state index contributed by atoms with van der Waals surface area (Å²) in [5.41, 5.74) is 6.06. The summed E-state index contributed by atoms with van der Waals surface area (Å²) in [6.45, 7) is 8.83. The number of aromatic nitrogens is 1. The minimum atomic E-state index is -0.277. The second-order valence-corrected chi connectivity index (χ2v) is 6.99. The molecule has 0 amide bonds. The summed E-state index contributed by atoms with van der Waals surface area (Å²) in [5.74, 6) is 0.519. The molecule has 1 heterocycles. The van der Waals surface area contributed by atoms with Crippen molar-refractivity contribution in [2.24, 2.45) is 0 Å². The van der Waals surface area contributed by atoms with E-state index in [4.69, 9.17) is 9.72 Å². The Bertz CT molecular complexity index is 968. The van der Waals surface area contributed by atoms with E-state index in [0.717, 1.165) is 29.9 Å². The van der Waals surface area contributed by atoms with Gasteiger partial charge >= 0.3 is 5.97 Å². The molecule has 2 aromatic carbocycles. The van der Waals surface area contributed by atoms with Gasteiger partial charge in [-0.2, -0.15) is 0 Å². The highest BCUT2D eigenvalue weighted by atomic mass is 35.5. The number of pyridine rings is 1. The van der Waals surface area contributed by atoms with Gasteiger partial charge in [-0.25, -0.2) is 9.78 Å². The number of nitrogens with one attached hydrogen (secondary N) is 1. The third kappa shape index (κ3) is 5.02. The molecule has 0 aliphatic carbocycles. The number of hydrogen-bond donors (Lipinski definition) is 1. The Kier molecular flexibility index (Phi) is 7.41. The molecular weight excluding hydrogens is 372 g/mol. The van der Waals surface area contributed by atoms with E-state index in [1.807, 2.05) is 18.2 Å². The zero-order valence-corrected chi connectivity index (χ0v) is 17.7. The molecule has 0 atom stereocenters. The number of ether oxygens (including phenoxy) is 1. The Morgan fingerprint density at radius 3 is 2.43 bits per heavy atom. The van der Waals surface area contributed by atoms with Crippen LogP contribution in [0.2, 0.25) is 0 Å². The highest BCUT2D eigenvalue weighted by Gasteiger charge is 2.09. The predicted octanol–water partition coefficient (Wildman–Crippen LogP) is 6.28. The number of carbonyl (C=O) groups excluding carboxylic acids is 1. The second-order valence-electron chi connectivity index (χ2n) is 6.99. The molecule has 0 fully saturated rings. The molecule has 0 aliphatic heterocycles. The molecule has 1 N–H and O–H groups in total. The van der Waals surface area contributed by atoms with E-state index in [9.17, 15) is 4.79 Å². The lowest BCUT2D eigenvalue weighted by Crippen LogP contribution is -2.06. The van der Waals surface area contributed by atoms with E-state index < -0.39 is 0 Å². The van der Waals surface area contributed by atoms with Crippen molar-refractivity contribution in [3.8, 4) is 0 Å². The van der Waals surface area contributed by atoms with Gasteiger partial charge in [0.15, 0.2) is 0 Å². The van der Waals surface area contributed by atoms with Crippen molar-refractivity contribution in [1.82, 2.24) is 4.98 Å². The average Bonchev–Trinajstić information content (AvgIpc) is 2.63. The number of rotatable bonds is 6. The van der Waals surface area contributed by atoms with Crippen LogP contribution in [0.4, 0.5) is 11.5 Å². The first kappa shape index (κ1) is 21.7. The minimum Gasteiger partial charge on any atom is -0.462 e. The van der Waals surface area contributed by atoms with Crippen LogP contribution < -0.4 is 5.32 Å². The van der Waals surface area contributed by atoms with Gasteiger partial charge in [0, 0.05) is 11.1 Å². The Labute approximate surface area is 172 Å². The number of nitrogens with zero attached hydrogens (tertiary/aromatic N) is 1. The fourth-order valence-electron chi connectivity index (χ4n) is 3.14. The number of unbranched alkanes of at least 4 members (excludes halogenated alkanes) is 1. The highest BCUT2D eigenvalue weighted by molar-refractivity contribution is 5.90. The van der Waals surface area contributed by atoms with E-state index in [1.165, 1.54) is 22.1 Å². The molecule has 0 spiro atoms. The lowest BCUT2D eigenvalue weighted by atomic mass is 10.0. The van der Waals surface area contributed by atoms with Crippen LogP contribution in [0.3, 0.4) is 0 Å². The minimum absolute atomic E-state index is 0. The number of hydrogen-bond acceptors (Lipinski definition) is 4. The summed E-state index contributed by atoms with van der Waals surface area (Å²) in [6, 6.07) is 13.7. The van der Waals surface area contributed by atoms with E-state index in [-0.39, 0.29) is 18.4 Å². The molecule has 3 aromatic rings. The van der Waals surface area contributed by atoms with E-state index in [1.54, 1.807) is 12.1 Å². The van der Waals surface area contributed by atoms with E-state index in [0.29, 0.717) is 12.2 Å². The van der Waals surface area contributed by atoms with Crippen LogP contribution >= 0.6 is 12.4 Å². The van der Waals surface area contributed by atoms with Crippen molar-refractivity contribution < 1.29 is 9.53 Å². The predicted molar refractivity (Wildman–Crippen MR) is 118 cm³/mol. The number of esters is 1. The van der Waals surface area contributed by atoms with Gasteiger partial charge in [0.1, 0.15) is 5.82 Å². The van der Waals surface area contributed by atoms with Gasteiger partial charge < -0.3 is 10.1 Å². The first-order chi connectivity index (χ1) is 13.0. The quantitative estimate of drug-likeness (QED) is 0.392. The summed E-state index contributed by atoms with van der Waals surface area (Å²) in [6.07, 6.45) is 1.89. The summed E-state index contributed by atoms with van der Waals surface area (Å²) in [7, 11) is 0. The summed E-state index contributed by atoms with van der Waals surface area (Å²) in [4.78, 5) is 16.8. The smallest absolute Gasteiger partial charge is 0.338 e. The third-order valence-electron chi connectivity index (χ3n) is 4.58. The third-order valence-corrected chi connectivity index (χ3v) is 4.58. The standard InChI is InChI=1S/C23H26N2O2.ClH/c1-5-6-11-27-23(26)18-7-9-19(10-8-18)24-21-14-16(3)20-13-15(2)12-17(4)22(20)25-21;/h7-10,12-14H,5-6,11H2,1-4H3,(H,24,25);1H. The zero-order chi connectivity index (χ0) is 19.4. The molecule has 0 saturated heterocycles. The summed E-state index contributed by atoms with van der Waals surface area (Å²) >= 11 is 0. The molecule has 28 heavy (non-hydrogen) atoms. The molecule has 0 aliphatic rings. The highest BCUT2D eigenvalue weighted by Crippen LogP contribution is 2.26. The Morgan fingerprint density at radius 2 is 1.75 bits per heavy atom. The molecule has 1 aromatic heterocycles. The molecule has 148 valence electrons. The summed E-state index contributed by atoms with van der Waals surface area (Å²) < 4.78 is 5.24. The molecule has 5 heteroatoms. The van der Waals surface area contributed by atoms with Crippen LogP contribution in [-0.4, -0.2) is 17.6 Å². The largest absolute Gasteiger partial charge is 0.462 e. The van der Waals surface area contributed by atoms with Crippen LogP contribution in [-0.2, 0) is 4.74 Å². The van der Waals surface area contributed by atoms with Gasteiger partial charge in [0.2, 0.25) is 0 Å². The van der Waals surface area contributed by atoms with Crippen LogP contribution in [0.25, 0.3) is 10.9 Å². The van der Waals surface area contributed by atoms with Crippen molar-refractivity contribution in [1.29, 1.82) is 0 Å². The van der Waals surface area contributed by atoms with Gasteiger partial charge in [0.05, 0.1) is 17.7 Å². The first-order valence-electron chi connectivity index (χ1n) is 9.40. The Hall–Kier alpha value is -2.59. The molecule has 0 bridgehead atoms. The maximum Gasteiger partial charge on any atom is 0.338 e. The van der Waals surface area contributed by atoms with Crippen molar-refractivity contribution in [2.75, 3.05) is 11.9 Å². The fraction of sp³-hybridized carbons (Fsp3) is 0.304. The van der Waals surface area contributed by atoms with Gasteiger partial charge in [-0.15, -0.1) is 12.4 Å². The monoisotopic (exact) mass is 398 g/mol. The van der Waals surface area contributed by atoms with Crippen LogP contribution in [0.5, 0.6) is 0 Å². The van der Waals surface area contributed by atoms with Gasteiger partial charge in [-0.1, -0.05) is 25.0 Å². The Balaban J connectivity index is 0.00000280. The summed E-state index contributed by atoms with van der Waals surface area (Å²) in [5, 5.41) is 4.52. The molecular formula is C23H27ClN2O2. The molecule has 4 nitrogen and oxygen atoms in total. The molecule has 0 unspecified atom stereocenters. The lowest BCUT2D eigenvalue weighted by molar-refractivity contribution is 0.0500. The molecule has 0 radical (unpaired) electrons. The van der Waals surface area contributed by atoms with E-state index >= 15 is 0 Å². The number of halogens is 1. The van der Waals surface area contributed by atoms with Crippen LogP contribution in [0.15, 0.2) is 42.5 Å². The van der Waals surface area contributed by atoms with Crippen molar-refractivity contribution in [2.45, 2.75) is 40.5 Å². The molecule has 3 rings (SSSR count). The Morgan fingerprint density at radius 1 is 1.04 bits per heavy atom. The van der Waals surface area contributed by atoms with Crippen LogP contribution in [0.1, 0.15) is 46.8 Å². The second kappa shape index (κ2) is 9.56. The van der Waals surface area contributed by atoms with Crippen LogP contribution in [0, 0.1) is 20.8 Å². The topological polar surface area (TPSA) is 51.2 Å². The SMILES string of the molecule is CCCCOC(=O)c1ccc(Nc2cc(C)c3cc(C)cc(C)c3n2)cc1.Cl. The average molecular weight is 399 g/mol. The van der Waals surface area contributed by atoms with Gasteiger partial charge in [-0.05, 0) is 74.7 Å². The van der Waals surface area contributed by atoms with Gasteiger partial charge in [0.25, 0.3) is 0 Å². The van der Waals surface area contributed by atoms with E-state index in [2.05, 4.69) is 45.1 Å². The van der Waals surface area contributed by atoms with Crippen molar-refractivity contribution >= 4 is 40.8 Å². The number of benzene rings is 2.